The van der Waals surface area contributed by atoms with Gasteiger partial charge in [-0.25, -0.2) is 8.42 Å². The van der Waals surface area contributed by atoms with E-state index in [2.05, 4.69) is 0 Å². The van der Waals surface area contributed by atoms with E-state index in [1.807, 2.05) is 30.3 Å². The molecule has 2 aromatic rings. The number of nitro groups is 1. The van der Waals surface area contributed by atoms with Gasteiger partial charge in [0.1, 0.15) is 0 Å². The number of nitrogens with zero attached hydrogens (tertiary/aromatic N) is 1. The Labute approximate surface area is 139 Å². The fourth-order valence-electron chi connectivity index (χ4n) is 1.95. The number of halogens is 1. The smallest absolute Gasteiger partial charge is 0.258 e. The van der Waals surface area contributed by atoms with E-state index in [4.69, 9.17) is 11.6 Å². The molecule has 2 aromatic carbocycles. The Bertz CT molecular complexity index is 819. The normalized spacial score (nSPS) is 13.1. The molecule has 0 aliphatic rings. The summed E-state index contributed by atoms with van der Waals surface area (Å²) in [5.74, 6) is 0. The van der Waals surface area contributed by atoms with Gasteiger partial charge in [0, 0.05) is 17.5 Å². The number of hydrogen-bond donors (Lipinski definition) is 0. The van der Waals surface area contributed by atoms with E-state index >= 15 is 0 Å². The van der Waals surface area contributed by atoms with E-state index in [1.54, 1.807) is 0 Å². The van der Waals surface area contributed by atoms with Gasteiger partial charge in [-0.1, -0.05) is 42.5 Å². The van der Waals surface area contributed by atoms with Crippen LogP contribution in [-0.2, 0) is 16.3 Å². The van der Waals surface area contributed by atoms with E-state index in [1.165, 1.54) is 24.3 Å². The minimum atomic E-state index is -3.77. The average Bonchev–Trinajstić information content (AvgIpc) is 2.54. The third kappa shape index (κ3) is 4.91. The van der Waals surface area contributed by atoms with Crippen LogP contribution in [0.25, 0.3) is 0 Å². The van der Waals surface area contributed by atoms with Gasteiger partial charge in [-0.3, -0.25) is 10.1 Å². The van der Waals surface area contributed by atoms with E-state index in [0.717, 1.165) is 17.0 Å². The van der Waals surface area contributed by atoms with Gasteiger partial charge >= 0.3 is 0 Å². The second kappa shape index (κ2) is 7.39. The Morgan fingerprint density at radius 1 is 1.13 bits per heavy atom. The molecule has 0 aliphatic carbocycles. The second-order valence-electron chi connectivity index (χ2n) is 4.83. The molecular weight excluding hydrogens is 338 g/mol. The Kier molecular flexibility index (Phi) is 5.52. The molecule has 1 atom stereocenters. The lowest BCUT2D eigenvalue weighted by Crippen LogP contribution is -2.02. The highest BCUT2D eigenvalue weighted by molar-refractivity contribution is 7.94. The predicted molar refractivity (Wildman–Crippen MR) is 89.2 cm³/mol. The third-order valence-electron chi connectivity index (χ3n) is 3.10. The maximum atomic E-state index is 12.2. The van der Waals surface area contributed by atoms with Crippen LogP contribution < -0.4 is 0 Å². The summed E-state index contributed by atoms with van der Waals surface area (Å²) in [4.78, 5) is 9.95. The van der Waals surface area contributed by atoms with Gasteiger partial charge in [0.25, 0.3) is 5.69 Å². The molecule has 120 valence electrons. The zero-order valence-corrected chi connectivity index (χ0v) is 13.6. The first-order valence-electron chi connectivity index (χ1n) is 6.74. The third-order valence-corrected chi connectivity index (χ3v) is 4.82. The number of benzene rings is 2. The topological polar surface area (TPSA) is 77.3 Å². The van der Waals surface area contributed by atoms with E-state index in [9.17, 15) is 18.5 Å². The Hall–Kier alpha value is -2.18. The molecule has 0 aliphatic heterocycles. The number of sulfone groups is 1. The standard InChI is InChI=1S/C16H14ClNO4S/c17-14(11-13-5-2-1-3-6-13)9-10-23(21,22)16-8-4-7-15(12-16)18(19)20/h1-10,12,14H,11H2. The summed E-state index contributed by atoms with van der Waals surface area (Å²) in [6.07, 6.45) is 1.87. The SMILES string of the molecule is O=[N+]([O-])c1cccc(S(=O)(=O)C=CC(Cl)Cc2ccccc2)c1. The van der Waals surface area contributed by atoms with Gasteiger partial charge in [0.15, 0.2) is 9.84 Å². The summed E-state index contributed by atoms with van der Waals surface area (Å²) >= 11 is 6.13. The predicted octanol–water partition coefficient (Wildman–Crippen LogP) is 3.73. The average molecular weight is 352 g/mol. The largest absolute Gasteiger partial charge is 0.270 e. The van der Waals surface area contributed by atoms with E-state index in [-0.39, 0.29) is 10.6 Å². The monoisotopic (exact) mass is 351 g/mol. The number of allylic oxidation sites excluding steroid dienone is 1. The Morgan fingerprint density at radius 3 is 2.48 bits per heavy atom. The van der Waals surface area contributed by atoms with Crippen LogP contribution in [0.4, 0.5) is 5.69 Å². The van der Waals surface area contributed by atoms with Crippen molar-refractivity contribution in [1.29, 1.82) is 0 Å². The summed E-state index contributed by atoms with van der Waals surface area (Å²) in [7, 11) is -3.77. The molecule has 0 fully saturated rings. The first-order valence-corrected chi connectivity index (χ1v) is 8.72. The maximum Gasteiger partial charge on any atom is 0.270 e. The van der Waals surface area contributed by atoms with Crippen LogP contribution in [-0.4, -0.2) is 18.7 Å². The van der Waals surface area contributed by atoms with Crippen molar-refractivity contribution in [2.24, 2.45) is 0 Å². The van der Waals surface area contributed by atoms with Crippen molar-refractivity contribution in [3.05, 3.63) is 81.8 Å². The van der Waals surface area contributed by atoms with Gasteiger partial charge in [0.05, 0.1) is 15.2 Å². The van der Waals surface area contributed by atoms with E-state index < -0.39 is 20.1 Å². The molecule has 1 unspecified atom stereocenters. The molecular formula is C16H14ClNO4S. The molecule has 7 heteroatoms. The Morgan fingerprint density at radius 2 is 1.83 bits per heavy atom. The summed E-state index contributed by atoms with van der Waals surface area (Å²) in [5.41, 5.74) is 0.719. The number of rotatable bonds is 6. The van der Waals surface area contributed by atoms with Crippen LogP contribution in [0, 0.1) is 10.1 Å². The molecule has 0 saturated carbocycles. The molecule has 0 N–H and O–H groups in total. The zero-order valence-electron chi connectivity index (χ0n) is 12.0. The molecule has 2 rings (SSSR count). The minimum Gasteiger partial charge on any atom is -0.258 e. The van der Waals surface area contributed by atoms with Crippen LogP contribution in [0.15, 0.2) is 71.0 Å². The molecule has 0 radical (unpaired) electrons. The highest BCUT2D eigenvalue weighted by Gasteiger charge is 2.15. The molecule has 0 spiro atoms. The molecule has 0 saturated heterocycles. The molecule has 0 heterocycles. The van der Waals surface area contributed by atoms with Crippen molar-refractivity contribution >= 4 is 27.1 Å². The summed E-state index contributed by atoms with van der Waals surface area (Å²) < 4.78 is 24.4. The highest BCUT2D eigenvalue weighted by atomic mass is 35.5. The van der Waals surface area contributed by atoms with Gasteiger partial charge in [-0.2, -0.15) is 0 Å². The van der Waals surface area contributed by atoms with Gasteiger partial charge < -0.3 is 0 Å². The van der Waals surface area contributed by atoms with Crippen molar-refractivity contribution in [3.63, 3.8) is 0 Å². The number of non-ortho nitro benzene ring substituents is 1. The second-order valence-corrected chi connectivity index (χ2v) is 7.23. The quantitative estimate of drug-likeness (QED) is 0.451. The molecule has 0 amide bonds. The van der Waals surface area contributed by atoms with E-state index in [0.29, 0.717) is 6.42 Å². The zero-order chi connectivity index (χ0) is 16.9. The first kappa shape index (κ1) is 17.2. The van der Waals surface area contributed by atoms with Gasteiger partial charge in [0.2, 0.25) is 0 Å². The number of nitro benzene ring substituents is 1. The highest BCUT2D eigenvalue weighted by Crippen LogP contribution is 2.20. The first-order chi connectivity index (χ1) is 10.9. The summed E-state index contributed by atoms with van der Waals surface area (Å²) in [6, 6.07) is 14.4. The van der Waals surface area contributed by atoms with Crippen LogP contribution in [0.1, 0.15) is 5.56 Å². The van der Waals surface area contributed by atoms with Gasteiger partial charge in [-0.05, 0) is 18.1 Å². The lowest BCUT2D eigenvalue weighted by molar-refractivity contribution is -0.385. The van der Waals surface area contributed by atoms with Crippen LogP contribution >= 0.6 is 11.6 Å². The molecule has 5 nitrogen and oxygen atoms in total. The van der Waals surface area contributed by atoms with Gasteiger partial charge in [-0.15, -0.1) is 11.6 Å². The van der Waals surface area contributed by atoms with Crippen molar-refractivity contribution in [3.8, 4) is 0 Å². The molecule has 23 heavy (non-hydrogen) atoms. The maximum absolute atomic E-state index is 12.2. The number of hydrogen-bond acceptors (Lipinski definition) is 4. The van der Waals surface area contributed by atoms with Crippen molar-refractivity contribution in [2.45, 2.75) is 16.7 Å². The van der Waals surface area contributed by atoms with Crippen molar-refractivity contribution in [2.75, 3.05) is 0 Å². The Balaban J connectivity index is 2.14. The van der Waals surface area contributed by atoms with Crippen LogP contribution in [0.2, 0.25) is 0 Å². The van der Waals surface area contributed by atoms with Crippen molar-refractivity contribution < 1.29 is 13.3 Å². The van der Waals surface area contributed by atoms with Crippen LogP contribution in [0.5, 0.6) is 0 Å². The van der Waals surface area contributed by atoms with Crippen LogP contribution in [0.3, 0.4) is 0 Å². The fraction of sp³-hybridized carbons (Fsp3) is 0.125. The molecule has 0 bridgehead atoms. The van der Waals surface area contributed by atoms with Crippen molar-refractivity contribution in [1.82, 2.24) is 0 Å². The fourth-order valence-corrected chi connectivity index (χ4v) is 3.39. The molecule has 0 aromatic heterocycles. The summed E-state index contributed by atoms with van der Waals surface area (Å²) in [6.45, 7) is 0. The lowest BCUT2D eigenvalue weighted by Gasteiger charge is -2.04. The minimum absolute atomic E-state index is 0.133. The number of alkyl halides is 1. The lowest BCUT2D eigenvalue weighted by atomic mass is 10.1. The summed E-state index contributed by atoms with van der Waals surface area (Å²) in [5, 5.41) is 11.2.